The van der Waals surface area contributed by atoms with Gasteiger partial charge < -0.3 is 19.1 Å². The molecule has 8 nitrogen and oxygen atoms in total. The van der Waals surface area contributed by atoms with Crippen LogP contribution in [-0.2, 0) is 20.8 Å². The molecule has 172 valence electrons. The Balaban J connectivity index is 1.87. The van der Waals surface area contributed by atoms with Crippen LogP contribution in [0.2, 0.25) is 0 Å². The fourth-order valence-corrected chi connectivity index (χ4v) is 2.69. The van der Waals surface area contributed by atoms with E-state index in [4.69, 9.17) is 14.2 Å². The van der Waals surface area contributed by atoms with Gasteiger partial charge in [0, 0.05) is 19.3 Å². The number of hydrogen-bond donors (Lipinski definition) is 1. The zero-order valence-electron chi connectivity index (χ0n) is 19.1. The summed E-state index contributed by atoms with van der Waals surface area (Å²) in [5.41, 5.74) is 0.878. The minimum Gasteiger partial charge on any atom is -0.494 e. The normalized spacial score (nSPS) is 10.8. The van der Waals surface area contributed by atoms with Crippen molar-refractivity contribution in [3.05, 3.63) is 59.7 Å². The third kappa shape index (κ3) is 8.29. The number of amides is 2. The van der Waals surface area contributed by atoms with Crippen LogP contribution in [0.4, 0.5) is 10.5 Å². The second-order valence-corrected chi connectivity index (χ2v) is 8.11. The maximum Gasteiger partial charge on any atom is 0.412 e. The Morgan fingerprint density at radius 1 is 1.03 bits per heavy atom. The van der Waals surface area contributed by atoms with E-state index in [-0.39, 0.29) is 11.5 Å². The van der Waals surface area contributed by atoms with Gasteiger partial charge in [0.1, 0.15) is 11.4 Å². The van der Waals surface area contributed by atoms with Crippen LogP contribution in [0, 0.1) is 0 Å². The zero-order chi connectivity index (χ0) is 23.7. The Hall–Kier alpha value is -3.55. The summed E-state index contributed by atoms with van der Waals surface area (Å²) in [7, 11) is 1.64. The predicted molar refractivity (Wildman–Crippen MR) is 121 cm³/mol. The average molecular weight is 443 g/mol. The summed E-state index contributed by atoms with van der Waals surface area (Å²) in [6.45, 7) is 7.74. The number of likely N-dealkylation sites (N-methyl/N-ethyl adjacent to an activating group) is 1. The second-order valence-electron chi connectivity index (χ2n) is 8.11. The highest BCUT2D eigenvalue weighted by molar-refractivity contribution is 5.93. The quantitative estimate of drug-likeness (QED) is 0.615. The number of nitrogens with zero attached hydrogens (tertiary/aromatic N) is 1. The van der Waals surface area contributed by atoms with Gasteiger partial charge in [0.15, 0.2) is 6.61 Å². The summed E-state index contributed by atoms with van der Waals surface area (Å²) in [6, 6.07) is 13.7. The molecule has 0 bridgehead atoms. The number of rotatable bonds is 8. The number of benzene rings is 2. The number of hydrogen-bond acceptors (Lipinski definition) is 6. The number of esters is 1. The maximum atomic E-state index is 12.3. The Bertz CT molecular complexity index is 934. The first kappa shape index (κ1) is 24.7. The number of anilines is 1. The fourth-order valence-electron chi connectivity index (χ4n) is 2.69. The zero-order valence-corrected chi connectivity index (χ0v) is 19.1. The highest BCUT2D eigenvalue weighted by atomic mass is 16.6. The molecule has 2 amide bonds. The van der Waals surface area contributed by atoms with Gasteiger partial charge in [-0.05, 0) is 63.6 Å². The summed E-state index contributed by atoms with van der Waals surface area (Å²) in [5.74, 6) is -0.238. The summed E-state index contributed by atoms with van der Waals surface area (Å²) >= 11 is 0. The molecule has 32 heavy (non-hydrogen) atoms. The van der Waals surface area contributed by atoms with Gasteiger partial charge in [-0.3, -0.25) is 10.1 Å². The van der Waals surface area contributed by atoms with E-state index in [9.17, 15) is 14.4 Å². The summed E-state index contributed by atoms with van der Waals surface area (Å²) in [4.78, 5) is 38.1. The molecule has 8 heteroatoms. The van der Waals surface area contributed by atoms with E-state index in [1.807, 2.05) is 31.2 Å². The first-order chi connectivity index (χ1) is 15.1. The molecule has 0 saturated carbocycles. The average Bonchev–Trinajstić information content (AvgIpc) is 2.72. The van der Waals surface area contributed by atoms with E-state index in [0.717, 1.165) is 11.3 Å². The van der Waals surface area contributed by atoms with Crippen molar-refractivity contribution in [2.45, 2.75) is 39.8 Å². The Kier molecular flexibility index (Phi) is 8.63. The molecular weight excluding hydrogens is 412 g/mol. The van der Waals surface area contributed by atoms with Gasteiger partial charge in [0.25, 0.3) is 5.91 Å². The van der Waals surface area contributed by atoms with Crippen LogP contribution in [0.25, 0.3) is 0 Å². The van der Waals surface area contributed by atoms with E-state index in [2.05, 4.69) is 5.32 Å². The molecule has 0 radical (unpaired) electrons. The van der Waals surface area contributed by atoms with Gasteiger partial charge in [-0.2, -0.15) is 0 Å². The maximum absolute atomic E-state index is 12.3. The van der Waals surface area contributed by atoms with Crippen LogP contribution in [-0.4, -0.2) is 48.7 Å². The van der Waals surface area contributed by atoms with Crippen LogP contribution in [0.1, 0.15) is 43.6 Å². The van der Waals surface area contributed by atoms with Crippen LogP contribution in [0.3, 0.4) is 0 Å². The molecule has 0 atom stereocenters. The lowest BCUT2D eigenvalue weighted by molar-refractivity contribution is -0.133. The van der Waals surface area contributed by atoms with Gasteiger partial charge in [0.05, 0.1) is 12.2 Å². The van der Waals surface area contributed by atoms with Crippen molar-refractivity contribution in [1.82, 2.24) is 4.90 Å². The fraction of sp³-hybridized carbons (Fsp3) is 0.375. The summed E-state index contributed by atoms with van der Waals surface area (Å²) < 4.78 is 15.7. The van der Waals surface area contributed by atoms with E-state index >= 15 is 0 Å². The summed E-state index contributed by atoms with van der Waals surface area (Å²) in [5, 5.41) is 2.56. The van der Waals surface area contributed by atoms with Crippen LogP contribution >= 0.6 is 0 Å². The number of carbonyl (C=O) groups excluding carboxylic acids is 3. The van der Waals surface area contributed by atoms with E-state index < -0.39 is 24.3 Å². The molecule has 0 aliphatic heterocycles. The van der Waals surface area contributed by atoms with Crippen molar-refractivity contribution in [2.24, 2.45) is 0 Å². The highest BCUT2D eigenvalue weighted by Gasteiger charge is 2.18. The molecular formula is C24H30N2O6. The number of nitrogens with one attached hydrogen (secondary N) is 1. The molecule has 0 aliphatic rings. The molecule has 0 heterocycles. The van der Waals surface area contributed by atoms with Crippen molar-refractivity contribution < 1.29 is 28.6 Å². The highest BCUT2D eigenvalue weighted by Crippen LogP contribution is 2.15. The lowest BCUT2D eigenvalue weighted by Crippen LogP contribution is -2.30. The first-order valence-electron chi connectivity index (χ1n) is 10.3. The molecule has 0 saturated heterocycles. The standard InChI is InChI=1S/C24H30N2O6/c1-6-30-20-12-10-17(11-13-20)15-26(5)21(27)16-31-22(28)18-8-7-9-19(14-18)25-23(29)32-24(2,3)4/h7-14H,6,15-16H2,1-5H3,(H,25,29). The molecule has 2 rings (SSSR count). The predicted octanol–water partition coefficient (Wildman–Crippen LogP) is 4.25. The molecule has 1 N–H and O–H groups in total. The lowest BCUT2D eigenvalue weighted by Gasteiger charge is -2.19. The van der Waals surface area contributed by atoms with Crippen molar-refractivity contribution in [1.29, 1.82) is 0 Å². The monoisotopic (exact) mass is 442 g/mol. The third-order valence-electron chi connectivity index (χ3n) is 4.15. The smallest absolute Gasteiger partial charge is 0.412 e. The Morgan fingerprint density at radius 2 is 1.72 bits per heavy atom. The van der Waals surface area contributed by atoms with Gasteiger partial charge >= 0.3 is 12.1 Å². The molecule has 2 aromatic carbocycles. The molecule has 0 aliphatic carbocycles. The molecule has 0 aromatic heterocycles. The van der Waals surface area contributed by atoms with E-state index in [0.29, 0.717) is 18.8 Å². The van der Waals surface area contributed by atoms with Gasteiger partial charge in [-0.15, -0.1) is 0 Å². The third-order valence-corrected chi connectivity index (χ3v) is 4.15. The SMILES string of the molecule is CCOc1ccc(CN(C)C(=O)COC(=O)c2cccc(NC(=O)OC(C)(C)C)c2)cc1. The Morgan fingerprint density at radius 3 is 2.34 bits per heavy atom. The van der Waals surface area contributed by atoms with E-state index in [1.54, 1.807) is 40.0 Å². The Labute approximate surface area is 188 Å². The number of ether oxygens (including phenoxy) is 3. The lowest BCUT2D eigenvalue weighted by atomic mass is 10.2. The van der Waals surface area contributed by atoms with E-state index in [1.165, 1.54) is 17.0 Å². The second kappa shape index (κ2) is 11.2. The molecule has 0 spiro atoms. The van der Waals surface area contributed by atoms with Crippen LogP contribution in [0.5, 0.6) is 5.75 Å². The van der Waals surface area contributed by atoms with Gasteiger partial charge in [0.2, 0.25) is 0 Å². The molecule has 0 unspecified atom stereocenters. The van der Waals surface area contributed by atoms with Crippen molar-refractivity contribution in [3.8, 4) is 5.75 Å². The van der Waals surface area contributed by atoms with Crippen LogP contribution < -0.4 is 10.1 Å². The van der Waals surface area contributed by atoms with Crippen molar-refractivity contribution >= 4 is 23.7 Å². The molecule has 2 aromatic rings. The largest absolute Gasteiger partial charge is 0.494 e. The number of carbonyl (C=O) groups is 3. The van der Waals surface area contributed by atoms with Crippen molar-refractivity contribution in [2.75, 3.05) is 25.6 Å². The van der Waals surface area contributed by atoms with Gasteiger partial charge in [-0.25, -0.2) is 9.59 Å². The topological polar surface area (TPSA) is 94.2 Å². The van der Waals surface area contributed by atoms with Crippen LogP contribution in [0.15, 0.2) is 48.5 Å². The molecule has 0 fully saturated rings. The van der Waals surface area contributed by atoms with Gasteiger partial charge in [-0.1, -0.05) is 18.2 Å². The minimum atomic E-state index is -0.666. The summed E-state index contributed by atoms with van der Waals surface area (Å²) in [6.07, 6.45) is -0.630. The van der Waals surface area contributed by atoms with Crippen molar-refractivity contribution in [3.63, 3.8) is 0 Å². The first-order valence-corrected chi connectivity index (χ1v) is 10.3. The minimum absolute atomic E-state index is 0.209.